The zero-order valence-corrected chi connectivity index (χ0v) is 15.3. The molecule has 3 rings (SSSR count). The van der Waals surface area contributed by atoms with Crippen molar-refractivity contribution in [2.24, 2.45) is 0 Å². The molecule has 1 saturated heterocycles. The van der Waals surface area contributed by atoms with Crippen molar-refractivity contribution in [1.82, 2.24) is 15.2 Å². The molecule has 0 saturated carbocycles. The average Bonchev–Trinajstić information content (AvgIpc) is 2.69. The second kappa shape index (κ2) is 8.80. The van der Waals surface area contributed by atoms with Crippen molar-refractivity contribution in [3.8, 4) is 5.75 Å². The standard InChI is InChI=1S/C19H19F3N4O3/c20-19(21,22)29-16-5-3-14(4-6-16)24-18(28)25-15-7-10-26(11-8-15)17(27)13-2-1-9-23-12-13/h1-6,9,12,15H,7-8,10-11H2,(H2,24,25,28). The maximum absolute atomic E-state index is 12.4. The summed E-state index contributed by atoms with van der Waals surface area (Å²) in [6.07, 6.45) is -0.456. The Morgan fingerprint density at radius 3 is 2.38 bits per heavy atom. The Bertz CT molecular complexity index is 836. The summed E-state index contributed by atoms with van der Waals surface area (Å²) in [6.45, 7) is 1.00. The molecule has 1 aromatic heterocycles. The summed E-state index contributed by atoms with van der Waals surface area (Å²) in [7, 11) is 0. The minimum atomic E-state index is -4.76. The Kier molecular flexibility index (Phi) is 6.20. The molecule has 154 valence electrons. The third kappa shape index (κ3) is 6.09. The fourth-order valence-electron chi connectivity index (χ4n) is 2.99. The largest absolute Gasteiger partial charge is 0.573 e. The van der Waals surface area contributed by atoms with Crippen LogP contribution in [0.5, 0.6) is 5.75 Å². The lowest BCUT2D eigenvalue weighted by atomic mass is 10.0. The van der Waals surface area contributed by atoms with Crippen molar-refractivity contribution in [1.29, 1.82) is 0 Å². The summed E-state index contributed by atoms with van der Waals surface area (Å²) in [5, 5.41) is 5.37. The molecule has 2 aromatic rings. The van der Waals surface area contributed by atoms with E-state index in [-0.39, 0.29) is 17.7 Å². The van der Waals surface area contributed by atoms with E-state index in [1.54, 1.807) is 23.2 Å². The number of anilines is 1. The maximum Gasteiger partial charge on any atom is 0.573 e. The van der Waals surface area contributed by atoms with Crippen LogP contribution in [-0.4, -0.2) is 47.3 Å². The van der Waals surface area contributed by atoms with Gasteiger partial charge < -0.3 is 20.3 Å². The molecule has 1 aromatic carbocycles. The Morgan fingerprint density at radius 2 is 1.79 bits per heavy atom. The molecule has 29 heavy (non-hydrogen) atoms. The second-order valence-corrected chi connectivity index (χ2v) is 6.48. The van der Waals surface area contributed by atoms with Crippen LogP contribution in [0.4, 0.5) is 23.7 Å². The molecule has 1 fully saturated rings. The van der Waals surface area contributed by atoms with E-state index in [9.17, 15) is 22.8 Å². The van der Waals surface area contributed by atoms with Crippen LogP contribution in [-0.2, 0) is 0 Å². The molecule has 2 heterocycles. The number of carbonyl (C=O) groups excluding carboxylic acids is 2. The van der Waals surface area contributed by atoms with Crippen molar-refractivity contribution in [2.45, 2.75) is 25.2 Å². The number of nitrogens with one attached hydrogen (secondary N) is 2. The molecule has 0 atom stereocenters. The number of hydrogen-bond donors (Lipinski definition) is 2. The first-order chi connectivity index (χ1) is 13.8. The summed E-state index contributed by atoms with van der Waals surface area (Å²) in [5.41, 5.74) is 0.857. The first-order valence-corrected chi connectivity index (χ1v) is 8.93. The minimum absolute atomic E-state index is 0.0952. The van der Waals surface area contributed by atoms with Gasteiger partial charge in [-0.05, 0) is 49.2 Å². The highest BCUT2D eigenvalue weighted by molar-refractivity contribution is 5.94. The van der Waals surface area contributed by atoms with E-state index in [0.717, 1.165) is 12.1 Å². The summed E-state index contributed by atoms with van der Waals surface area (Å²) in [5.74, 6) is -0.462. The van der Waals surface area contributed by atoms with Crippen LogP contribution < -0.4 is 15.4 Å². The lowest BCUT2D eigenvalue weighted by molar-refractivity contribution is -0.274. The lowest BCUT2D eigenvalue weighted by Crippen LogP contribution is -2.47. The Balaban J connectivity index is 1.44. The van der Waals surface area contributed by atoms with Crippen LogP contribution in [0.2, 0.25) is 0 Å². The quantitative estimate of drug-likeness (QED) is 0.812. The molecule has 0 aliphatic carbocycles. The van der Waals surface area contributed by atoms with Gasteiger partial charge in [0.2, 0.25) is 0 Å². The molecule has 7 nitrogen and oxygen atoms in total. The Labute approximate surface area is 164 Å². The van der Waals surface area contributed by atoms with Crippen LogP contribution in [0, 0.1) is 0 Å². The predicted octanol–water partition coefficient (Wildman–Crippen LogP) is 3.41. The number of urea groups is 1. The molecule has 10 heteroatoms. The number of carbonyl (C=O) groups is 2. The van der Waals surface area contributed by atoms with E-state index in [2.05, 4.69) is 20.4 Å². The second-order valence-electron chi connectivity index (χ2n) is 6.48. The number of ether oxygens (including phenoxy) is 1. The molecule has 1 aliphatic heterocycles. The van der Waals surface area contributed by atoms with Gasteiger partial charge in [-0.1, -0.05) is 0 Å². The monoisotopic (exact) mass is 408 g/mol. The van der Waals surface area contributed by atoms with Crippen molar-refractivity contribution in [3.63, 3.8) is 0 Å². The molecule has 1 aliphatic rings. The smallest absolute Gasteiger partial charge is 0.406 e. The van der Waals surface area contributed by atoms with E-state index < -0.39 is 12.4 Å². The molecule has 0 radical (unpaired) electrons. The number of pyridine rings is 1. The van der Waals surface area contributed by atoms with Crippen molar-refractivity contribution in [2.75, 3.05) is 18.4 Å². The van der Waals surface area contributed by atoms with Gasteiger partial charge in [0.1, 0.15) is 5.75 Å². The highest BCUT2D eigenvalue weighted by Gasteiger charge is 2.31. The van der Waals surface area contributed by atoms with Gasteiger partial charge in [-0.15, -0.1) is 13.2 Å². The summed E-state index contributed by atoms with van der Waals surface area (Å²) < 4.78 is 40.3. The van der Waals surface area contributed by atoms with Crippen molar-refractivity contribution in [3.05, 3.63) is 54.4 Å². The fourth-order valence-corrected chi connectivity index (χ4v) is 2.99. The highest BCUT2D eigenvalue weighted by atomic mass is 19.4. The zero-order chi connectivity index (χ0) is 20.9. The summed E-state index contributed by atoms with van der Waals surface area (Å²) >= 11 is 0. The molecule has 0 unspecified atom stereocenters. The van der Waals surface area contributed by atoms with E-state index >= 15 is 0 Å². The van der Waals surface area contributed by atoms with Gasteiger partial charge in [0, 0.05) is 37.2 Å². The highest BCUT2D eigenvalue weighted by Crippen LogP contribution is 2.24. The molecular weight excluding hydrogens is 389 g/mol. The van der Waals surface area contributed by atoms with Gasteiger partial charge in [-0.25, -0.2) is 4.79 Å². The average molecular weight is 408 g/mol. The summed E-state index contributed by atoms with van der Waals surface area (Å²) in [4.78, 5) is 30.2. The van der Waals surface area contributed by atoms with Crippen LogP contribution in [0.25, 0.3) is 0 Å². The number of halogens is 3. The maximum atomic E-state index is 12.4. The summed E-state index contributed by atoms with van der Waals surface area (Å²) in [6, 6.07) is 7.70. The van der Waals surface area contributed by atoms with Crippen molar-refractivity contribution >= 4 is 17.6 Å². The zero-order valence-electron chi connectivity index (χ0n) is 15.3. The molecular formula is C19H19F3N4O3. The van der Waals surface area contributed by atoms with E-state index in [1.165, 1.54) is 18.3 Å². The van der Waals surface area contributed by atoms with Gasteiger partial charge in [0.05, 0.1) is 5.56 Å². The van der Waals surface area contributed by atoms with E-state index in [0.29, 0.717) is 37.2 Å². The van der Waals surface area contributed by atoms with Crippen molar-refractivity contribution < 1.29 is 27.5 Å². The van der Waals surface area contributed by atoms with Gasteiger partial charge in [-0.2, -0.15) is 0 Å². The number of alkyl halides is 3. The van der Waals surface area contributed by atoms with Crippen LogP contribution in [0.3, 0.4) is 0 Å². The fraction of sp³-hybridized carbons (Fsp3) is 0.316. The number of likely N-dealkylation sites (tertiary alicyclic amines) is 1. The van der Waals surface area contributed by atoms with Crippen LogP contribution in [0.1, 0.15) is 23.2 Å². The van der Waals surface area contributed by atoms with E-state index in [4.69, 9.17) is 0 Å². The molecule has 0 spiro atoms. The van der Waals surface area contributed by atoms with Gasteiger partial charge in [-0.3, -0.25) is 9.78 Å². The number of hydrogen-bond acceptors (Lipinski definition) is 4. The van der Waals surface area contributed by atoms with Crippen LogP contribution >= 0.6 is 0 Å². The third-order valence-corrected chi connectivity index (χ3v) is 4.37. The Morgan fingerprint density at radius 1 is 1.10 bits per heavy atom. The minimum Gasteiger partial charge on any atom is -0.406 e. The molecule has 0 bridgehead atoms. The van der Waals surface area contributed by atoms with Gasteiger partial charge in [0.25, 0.3) is 5.91 Å². The number of rotatable bonds is 4. The number of piperidine rings is 1. The van der Waals surface area contributed by atoms with Crippen LogP contribution in [0.15, 0.2) is 48.8 Å². The number of amides is 3. The third-order valence-electron chi connectivity index (χ3n) is 4.37. The topological polar surface area (TPSA) is 83.6 Å². The number of aromatic nitrogens is 1. The Hall–Kier alpha value is -3.30. The number of nitrogens with zero attached hydrogens (tertiary/aromatic N) is 2. The molecule has 2 N–H and O–H groups in total. The SMILES string of the molecule is O=C(Nc1ccc(OC(F)(F)F)cc1)NC1CCN(C(=O)c2cccnc2)CC1. The number of benzene rings is 1. The normalized spacial score (nSPS) is 14.9. The van der Waals surface area contributed by atoms with Gasteiger partial charge >= 0.3 is 12.4 Å². The molecule has 3 amide bonds. The first kappa shape index (κ1) is 20.4. The first-order valence-electron chi connectivity index (χ1n) is 8.93. The van der Waals surface area contributed by atoms with E-state index in [1.807, 2.05) is 0 Å². The lowest BCUT2D eigenvalue weighted by Gasteiger charge is -2.32. The van der Waals surface area contributed by atoms with Gasteiger partial charge in [0.15, 0.2) is 0 Å². The predicted molar refractivity (Wildman–Crippen MR) is 98.4 cm³/mol.